The molecule has 2 heterocycles. The van der Waals surface area contributed by atoms with Gasteiger partial charge in [-0.1, -0.05) is 0 Å². The van der Waals surface area contributed by atoms with E-state index >= 15 is 0 Å². The highest BCUT2D eigenvalue weighted by Crippen LogP contribution is 2.08. The number of hydrogen-bond donors (Lipinski definition) is 1. The molecule has 0 unspecified atom stereocenters. The highest BCUT2D eigenvalue weighted by Gasteiger charge is 2.13. The molecular formula is C9H12N4O3. The second-order valence-corrected chi connectivity index (χ2v) is 3.39. The number of carbonyl (C=O) groups excluding carboxylic acids is 1. The second-order valence-electron chi connectivity index (χ2n) is 3.39. The normalized spacial score (nSPS) is 16.1. The highest BCUT2D eigenvalue weighted by molar-refractivity contribution is 5.74. The van der Waals surface area contributed by atoms with Gasteiger partial charge in [-0.2, -0.15) is 0 Å². The number of aromatic nitrogens is 2. The number of amides is 1. The summed E-state index contributed by atoms with van der Waals surface area (Å²) in [5.74, 6) is 0.547. The van der Waals surface area contributed by atoms with Crippen LogP contribution >= 0.6 is 0 Å². The Labute approximate surface area is 91.4 Å². The van der Waals surface area contributed by atoms with Gasteiger partial charge in [0.25, 0.3) is 5.56 Å². The molecule has 1 aliphatic rings. The van der Waals surface area contributed by atoms with Gasteiger partial charge in [0, 0.05) is 19.2 Å². The third-order valence-corrected chi connectivity index (χ3v) is 2.37. The van der Waals surface area contributed by atoms with Crippen molar-refractivity contribution < 1.29 is 9.53 Å². The molecule has 1 fully saturated rings. The summed E-state index contributed by atoms with van der Waals surface area (Å²) in [5.41, 5.74) is 4.53. The van der Waals surface area contributed by atoms with Crippen molar-refractivity contribution >= 4 is 11.8 Å². The average Bonchev–Trinajstić information content (AvgIpc) is 2.29. The van der Waals surface area contributed by atoms with Gasteiger partial charge >= 0.3 is 6.03 Å². The molecule has 2 N–H and O–H groups in total. The second kappa shape index (κ2) is 4.31. The summed E-state index contributed by atoms with van der Waals surface area (Å²) >= 11 is 0. The minimum absolute atomic E-state index is 0.469. The van der Waals surface area contributed by atoms with E-state index in [-0.39, 0.29) is 0 Å². The quantitative estimate of drug-likeness (QED) is 0.661. The van der Waals surface area contributed by atoms with Crippen LogP contribution in [0.4, 0.5) is 10.6 Å². The lowest BCUT2D eigenvalue weighted by atomic mass is 10.4. The molecule has 1 aromatic heterocycles. The van der Waals surface area contributed by atoms with Crippen LogP contribution in [0.2, 0.25) is 0 Å². The molecule has 0 saturated carbocycles. The topological polar surface area (TPSA) is 90.5 Å². The Balaban J connectivity index is 2.26. The number of rotatable bonds is 1. The first-order valence-corrected chi connectivity index (χ1v) is 4.89. The summed E-state index contributed by atoms with van der Waals surface area (Å²) in [4.78, 5) is 28.3. The van der Waals surface area contributed by atoms with E-state index in [2.05, 4.69) is 4.98 Å². The number of carbonyl (C=O) groups is 1. The number of nitrogens with zero attached hydrogens (tertiary/aromatic N) is 3. The lowest BCUT2D eigenvalue weighted by Gasteiger charge is -2.27. The summed E-state index contributed by atoms with van der Waals surface area (Å²) in [6.45, 7) is 2.60. The van der Waals surface area contributed by atoms with Crippen LogP contribution in [0.15, 0.2) is 17.2 Å². The molecule has 86 valence electrons. The minimum atomic E-state index is -0.828. The van der Waals surface area contributed by atoms with Crippen molar-refractivity contribution in [2.24, 2.45) is 5.73 Å². The zero-order valence-electron chi connectivity index (χ0n) is 8.63. The van der Waals surface area contributed by atoms with E-state index in [4.69, 9.17) is 10.5 Å². The van der Waals surface area contributed by atoms with Crippen molar-refractivity contribution in [3.63, 3.8) is 0 Å². The van der Waals surface area contributed by atoms with E-state index in [1.165, 1.54) is 6.07 Å². The maximum atomic E-state index is 11.5. The zero-order chi connectivity index (χ0) is 11.5. The third kappa shape index (κ3) is 2.03. The SMILES string of the molecule is NC(=O)n1cnc(N2CCOCC2)cc1=O. The van der Waals surface area contributed by atoms with Crippen molar-refractivity contribution in [3.05, 3.63) is 22.7 Å². The smallest absolute Gasteiger partial charge is 0.327 e. The van der Waals surface area contributed by atoms with Crippen molar-refractivity contribution in [3.8, 4) is 0 Å². The number of anilines is 1. The minimum Gasteiger partial charge on any atom is -0.378 e. The molecule has 0 aromatic carbocycles. The largest absolute Gasteiger partial charge is 0.378 e. The van der Waals surface area contributed by atoms with Crippen LogP contribution in [0.25, 0.3) is 0 Å². The van der Waals surface area contributed by atoms with E-state index < -0.39 is 11.6 Å². The van der Waals surface area contributed by atoms with Crippen LogP contribution in [-0.2, 0) is 4.74 Å². The van der Waals surface area contributed by atoms with Gasteiger partial charge in [-0.3, -0.25) is 4.79 Å². The van der Waals surface area contributed by atoms with E-state index in [1.54, 1.807) is 0 Å². The molecule has 16 heavy (non-hydrogen) atoms. The fraction of sp³-hybridized carbons (Fsp3) is 0.444. The maximum Gasteiger partial charge on any atom is 0.327 e. The molecule has 7 heteroatoms. The Morgan fingerprint density at radius 3 is 2.69 bits per heavy atom. The maximum absolute atomic E-state index is 11.5. The molecule has 1 aliphatic heterocycles. The van der Waals surface area contributed by atoms with Crippen molar-refractivity contribution in [1.29, 1.82) is 0 Å². The highest BCUT2D eigenvalue weighted by atomic mass is 16.5. The molecule has 0 atom stereocenters. The predicted molar refractivity (Wildman–Crippen MR) is 56.5 cm³/mol. The Kier molecular flexibility index (Phi) is 2.86. The molecule has 1 saturated heterocycles. The first-order chi connectivity index (χ1) is 7.68. The number of primary amides is 1. The fourth-order valence-electron chi connectivity index (χ4n) is 1.52. The summed E-state index contributed by atoms with van der Waals surface area (Å²) in [7, 11) is 0. The number of morpholine rings is 1. The van der Waals surface area contributed by atoms with Gasteiger partial charge in [-0.25, -0.2) is 14.3 Å². The molecule has 0 bridgehead atoms. The van der Waals surface area contributed by atoms with Crippen LogP contribution in [0, 0.1) is 0 Å². The number of hydrogen-bond acceptors (Lipinski definition) is 5. The predicted octanol–water partition coefficient (Wildman–Crippen LogP) is -0.993. The molecule has 0 spiro atoms. The van der Waals surface area contributed by atoms with Crippen LogP contribution in [0.1, 0.15) is 0 Å². The molecule has 2 rings (SSSR count). The standard InChI is InChI=1S/C9H12N4O3/c10-9(15)13-6-11-7(5-8(13)14)12-1-3-16-4-2-12/h5-6H,1-4H2,(H2,10,15). The van der Waals surface area contributed by atoms with Crippen molar-refractivity contribution in [1.82, 2.24) is 9.55 Å². The van der Waals surface area contributed by atoms with Gasteiger partial charge in [0.1, 0.15) is 12.1 Å². The number of ether oxygens (including phenoxy) is 1. The van der Waals surface area contributed by atoms with Crippen LogP contribution < -0.4 is 16.2 Å². The van der Waals surface area contributed by atoms with Crippen molar-refractivity contribution in [2.75, 3.05) is 31.2 Å². The molecular weight excluding hydrogens is 212 g/mol. The van der Waals surface area contributed by atoms with Crippen LogP contribution in [-0.4, -0.2) is 41.9 Å². The van der Waals surface area contributed by atoms with E-state index in [0.717, 1.165) is 10.9 Å². The fourth-order valence-corrected chi connectivity index (χ4v) is 1.52. The Hall–Kier alpha value is -1.89. The summed E-state index contributed by atoms with van der Waals surface area (Å²) in [6.07, 6.45) is 1.15. The van der Waals surface area contributed by atoms with Gasteiger partial charge in [0.15, 0.2) is 0 Å². The van der Waals surface area contributed by atoms with Gasteiger partial charge in [0.2, 0.25) is 0 Å². The van der Waals surface area contributed by atoms with Crippen LogP contribution in [0.5, 0.6) is 0 Å². The van der Waals surface area contributed by atoms with Crippen LogP contribution in [0.3, 0.4) is 0 Å². The van der Waals surface area contributed by atoms with Crippen molar-refractivity contribution in [2.45, 2.75) is 0 Å². The van der Waals surface area contributed by atoms with E-state index in [0.29, 0.717) is 32.1 Å². The summed E-state index contributed by atoms with van der Waals surface area (Å²) < 4.78 is 5.95. The lowest BCUT2D eigenvalue weighted by Crippen LogP contribution is -2.39. The monoisotopic (exact) mass is 224 g/mol. The molecule has 1 aromatic rings. The first-order valence-electron chi connectivity index (χ1n) is 4.89. The lowest BCUT2D eigenvalue weighted by molar-refractivity contribution is 0.122. The molecule has 0 aliphatic carbocycles. The molecule has 0 radical (unpaired) electrons. The summed E-state index contributed by atoms with van der Waals surface area (Å²) in [5, 5.41) is 0. The average molecular weight is 224 g/mol. The zero-order valence-corrected chi connectivity index (χ0v) is 8.63. The molecule has 7 nitrogen and oxygen atoms in total. The summed E-state index contributed by atoms with van der Waals surface area (Å²) in [6, 6.07) is 0.474. The Morgan fingerprint density at radius 2 is 2.12 bits per heavy atom. The molecule has 1 amide bonds. The van der Waals surface area contributed by atoms with Gasteiger partial charge in [0.05, 0.1) is 13.2 Å². The first kappa shape index (κ1) is 10.6. The number of nitrogens with two attached hydrogens (primary N) is 1. The van der Waals surface area contributed by atoms with Gasteiger partial charge in [-0.05, 0) is 0 Å². The third-order valence-electron chi connectivity index (χ3n) is 2.37. The Bertz CT molecular complexity index is 450. The Morgan fingerprint density at radius 1 is 1.44 bits per heavy atom. The van der Waals surface area contributed by atoms with Gasteiger partial charge < -0.3 is 15.4 Å². The van der Waals surface area contributed by atoms with Gasteiger partial charge in [-0.15, -0.1) is 0 Å². The van der Waals surface area contributed by atoms with E-state index in [9.17, 15) is 9.59 Å². The van der Waals surface area contributed by atoms with E-state index in [1.807, 2.05) is 4.90 Å².